The van der Waals surface area contributed by atoms with E-state index in [-0.39, 0.29) is 24.3 Å². The number of nitrogens with zero attached hydrogens (tertiary/aromatic N) is 2. The van der Waals surface area contributed by atoms with Crippen molar-refractivity contribution < 1.29 is 9.59 Å². The zero-order valence-electron chi connectivity index (χ0n) is 12.0. The topological polar surface area (TPSA) is 62.3 Å². The molecule has 0 bridgehead atoms. The average Bonchev–Trinajstić information content (AvgIpc) is 2.84. The van der Waals surface area contributed by atoms with Gasteiger partial charge >= 0.3 is 0 Å². The molecular formula is C15H17N3O2S. The van der Waals surface area contributed by atoms with Crippen molar-refractivity contribution in [3.05, 3.63) is 29.3 Å². The van der Waals surface area contributed by atoms with Gasteiger partial charge in [0.05, 0.1) is 16.8 Å². The molecule has 5 nitrogen and oxygen atoms in total. The molecule has 2 amide bonds. The lowest BCUT2D eigenvalue weighted by molar-refractivity contribution is -0.146. The van der Waals surface area contributed by atoms with E-state index >= 15 is 0 Å². The Morgan fingerprint density at radius 1 is 1.38 bits per heavy atom. The first kappa shape index (κ1) is 14.0. The average molecular weight is 303 g/mol. The summed E-state index contributed by atoms with van der Waals surface area (Å²) in [5.74, 6) is -0.0436. The Labute approximate surface area is 127 Å². The zero-order chi connectivity index (χ0) is 15.0. The number of rotatable bonds is 3. The predicted octanol–water partition coefficient (Wildman–Crippen LogP) is 1.78. The molecule has 1 aromatic carbocycles. The Morgan fingerprint density at radius 2 is 2.14 bits per heavy atom. The number of carbonyl (C=O) groups is 2. The first-order valence-corrected chi connectivity index (χ1v) is 7.79. The zero-order valence-corrected chi connectivity index (χ0v) is 12.8. The molecule has 0 spiro atoms. The van der Waals surface area contributed by atoms with Crippen LogP contribution < -0.4 is 5.32 Å². The van der Waals surface area contributed by atoms with Crippen molar-refractivity contribution in [2.24, 2.45) is 5.92 Å². The van der Waals surface area contributed by atoms with Gasteiger partial charge in [0.2, 0.25) is 11.8 Å². The highest BCUT2D eigenvalue weighted by molar-refractivity contribution is 7.18. The third-order valence-electron chi connectivity index (χ3n) is 3.56. The normalized spacial score (nSPS) is 19.4. The third-order valence-corrected chi connectivity index (χ3v) is 4.58. The molecular weight excluding hydrogens is 286 g/mol. The Kier molecular flexibility index (Phi) is 3.63. The van der Waals surface area contributed by atoms with E-state index in [0.717, 1.165) is 15.2 Å². The fourth-order valence-electron chi connectivity index (χ4n) is 2.47. The Balaban J connectivity index is 1.82. The number of para-hydroxylation sites is 1. The summed E-state index contributed by atoms with van der Waals surface area (Å²) in [6.45, 7) is 4.38. The number of carbonyl (C=O) groups excluding carboxylic acids is 2. The minimum Gasteiger partial charge on any atom is -0.343 e. The monoisotopic (exact) mass is 303 g/mol. The number of benzene rings is 1. The number of hydrogen-bond donors (Lipinski definition) is 1. The number of thiazole rings is 1. The molecule has 1 aromatic heterocycles. The van der Waals surface area contributed by atoms with Crippen LogP contribution in [-0.2, 0) is 16.1 Å². The SMILES string of the molecule is CC(C)C1NC(=O)CN(Cc2nc3ccccc3s2)C1=O. The van der Waals surface area contributed by atoms with Gasteiger partial charge in [-0.05, 0) is 18.1 Å². The van der Waals surface area contributed by atoms with Gasteiger partial charge < -0.3 is 10.2 Å². The molecule has 1 saturated heterocycles. The molecule has 1 atom stereocenters. The summed E-state index contributed by atoms with van der Waals surface area (Å²) in [7, 11) is 0. The molecule has 0 aliphatic carbocycles. The van der Waals surface area contributed by atoms with E-state index in [4.69, 9.17) is 0 Å². The van der Waals surface area contributed by atoms with Crippen molar-refractivity contribution in [2.75, 3.05) is 6.54 Å². The minimum atomic E-state index is -0.430. The van der Waals surface area contributed by atoms with Crippen molar-refractivity contribution in [3.63, 3.8) is 0 Å². The Morgan fingerprint density at radius 3 is 2.86 bits per heavy atom. The molecule has 1 aliphatic heterocycles. The van der Waals surface area contributed by atoms with Crippen LogP contribution in [0.15, 0.2) is 24.3 Å². The van der Waals surface area contributed by atoms with E-state index in [1.165, 1.54) is 0 Å². The summed E-state index contributed by atoms with van der Waals surface area (Å²) >= 11 is 1.57. The second-order valence-electron chi connectivity index (χ2n) is 5.56. The van der Waals surface area contributed by atoms with Gasteiger partial charge in [0.25, 0.3) is 0 Å². The third kappa shape index (κ3) is 2.76. The van der Waals surface area contributed by atoms with Crippen LogP contribution in [0.25, 0.3) is 10.2 Å². The van der Waals surface area contributed by atoms with E-state index < -0.39 is 6.04 Å². The van der Waals surface area contributed by atoms with Crippen LogP contribution >= 0.6 is 11.3 Å². The molecule has 1 aliphatic rings. The number of amides is 2. The van der Waals surface area contributed by atoms with E-state index in [9.17, 15) is 9.59 Å². The van der Waals surface area contributed by atoms with Gasteiger partial charge in [-0.2, -0.15) is 0 Å². The molecule has 3 rings (SSSR count). The van der Waals surface area contributed by atoms with E-state index in [1.54, 1.807) is 16.2 Å². The van der Waals surface area contributed by atoms with Crippen molar-refractivity contribution in [3.8, 4) is 0 Å². The van der Waals surface area contributed by atoms with Crippen molar-refractivity contribution >= 4 is 33.4 Å². The van der Waals surface area contributed by atoms with E-state index in [1.807, 2.05) is 38.1 Å². The minimum absolute atomic E-state index is 0.0242. The molecule has 1 N–H and O–H groups in total. The lowest BCUT2D eigenvalue weighted by atomic mass is 10.0. The maximum Gasteiger partial charge on any atom is 0.246 e. The van der Waals surface area contributed by atoms with Gasteiger partial charge in [-0.3, -0.25) is 9.59 Å². The Hall–Kier alpha value is -1.95. The molecule has 21 heavy (non-hydrogen) atoms. The fraction of sp³-hybridized carbons (Fsp3) is 0.400. The summed E-state index contributed by atoms with van der Waals surface area (Å²) < 4.78 is 1.10. The van der Waals surface area contributed by atoms with Crippen LogP contribution in [0.1, 0.15) is 18.9 Å². The lowest BCUT2D eigenvalue weighted by Gasteiger charge is -2.33. The molecule has 1 unspecified atom stereocenters. The maximum absolute atomic E-state index is 12.4. The molecule has 2 aromatic rings. The summed E-state index contributed by atoms with van der Waals surface area (Å²) in [6.07, 6.45) is 0. The van der Waals surface area contributed by atoms with Gasteiger partial charge in [0.1, 0.15) is 17.6 Å². The molecule has 1 fully saturated rings. The highest BCUT2D eigenvalue weighted by Crippen LogP contribution is 2.23. The van der Waals surface area contributed by atoms with Crippen LogP contribution in [0.3, 0.4) is 0 Å². The van der Waals surface area contributed by atoms with Gasteiger partial charge in [-0.1, -0.05) is 26.0 Å². The molecule has 2 heterocycles. The highest BCUT2D eigenvalue weighted by Gasteiger charge is 2.34. The fourth-order valence-corrected chi connectivity index (χ4v) is 3.45. The van der Waals surface area contributed by atoms with Gasteiger partial charge in [-0.15, -0.1) is 11.3 Å². The van der Waals surface area contributed by atoms with E-state index in [0.29, 0.717) is 6.54 Å². The molecule has 6 heteroatoms. The van der Waals surface area contributed by atoms with Crippen LogP contribution in [0.5, 0.6) is 0 Å². The predicted molar refractivity (Wildman–Crippen MR) is 81.8 cm³/mol. The smallest absolute Gasteiger partial charge is 0.246 e. The van der Waals surface area contributed by atoms with Gasteiger partial charge in [0, 0.05) is 0 Å². The second kappa shape index (κ2) is 5.44. The standard InChI is InChI=1S/C15H17N3O2S/c1-9(2)14-15(20)18(7-12(19)17-14)8-13-16-10-5-3-4-6-11(10)21-13/h3-6,9,14H,7-8H2,1-2H3,(H,17,19). The van der Waals surface area contributed by atoms with Crippen LogP contribution in [0, 0.1) is 5.92 Å². The number of aromatic nitrogens is 1. The number of nitrogens with one attached hydrogen (secondary N) is 1. The van der Waals surface area contributed by atoms with Crippen LogP contribution in [0.2, 0.25) is 0 Å². The summed E-state index contributed by atoms with van der Waals surface area (Å²) in [4.78, 5) is 30.3. The number of fused-ring (bicyclic) bond motifs is 1. The van der Waals surface area contributed by atoms with Gasteiger partial charge in [-0.25, -0.2) is 4.98 Å². The summed E-state index contributed by atoms with van der Waals surface area (Å²) in [5, 5.41) is 3.62. The van der Waals surface area contributed by atoms with Crippen molar-refractivity contribution in [1.29, 1.82) is 0 Å². The Bertz CT molecular complexity index is 662. The summed E-state index contributed by atoms with van der Waals surface area (Å²) in [6, 6.07) is 7.45. The lowest BCUT2D eigenvalue weighted by Crippen LogP contribution is -2.59. The first-order valence-electron chi connectivity index (χ1n) is 6.97. The number of hydrogen-bond acceptors (Lipinski definition) is 4. The first-order chi connectivity index (χ1) is 10.0. The quantitative estimate of drug-likeness (QED) is 0.940. The second-order valence-corrected chi connectivity index (χ2v) is 6.67. The van der Waals surface area contributed by atoms with Gasteiger partial charge in [0.15, 0.2) is 0 Å². The van der Waals surface area contributed by atoms with Crippen molar-refractivity contribution in [1.82, 2.24) is 15.2 Å². The summed E-state index contributed by atoms with van der Waals surface area (Å²) in [5.41, 5.74) is 0.937. The van der Waals surface area contributed by atoms with E-state index in [2.05, 4.69) is 10.3 Å². The number of piperazine rings is 1. The largest absolute Gasteiger partial charge is 0.343 e. The molecule has 0 radical (unpaired) electrons. The molecule has 0 saturated carbocycles. The maximum atomic E-state index is 12.4. The molecule has 110 valence electrons. The van der Waals surface area contributed by atoms with Crippen LogP contribution in [0.4, 0.5) is 0 Å². The van der Waals surface area contributed by atoms with Crippen LogP contribution in [-0.4, -0.2) is 34.3 Å². The van der Waals surface area contributed by atoms with Crippen molar-refractivity contribution in [2.45, 2.75) is 26.4 Å². The highest BCUT2D eigenvalue weighted by atomic mass is 32.1.